The molecule has 0 saturated carbocycles. The predicted molar refractivity (Wildman–Crippen MR) is 83.2 cm³/mol. The van der Waals surface area contributed by atoms with Gasteiger partial charge in [0.05, 0.1) is 6.10 Å². The van der Waals surface area contributed by atoms with Crippen LogP contribution >= 0.6 is 0 Å². The third kappa shape index (κ3) is 4.18. The summed E-state index contributed by atoms with van der Waals surface area (Å²) in [6.45, 7) is 9.39. The quantitative estimate of drug-likeness (QED) is 0.897. The molecule has 0 radical (unpaired) electrons. The summed E-state index contributed by atoms with van der Waals surface area (Å²) in [5, 5.41) is 3.47. The Bertz CT molecular complexity index is 426. The molecule has 1 aliphatic rings. The Morgan fingerprint density at radius 3 is 2.65 bits per heavy atom. The van der Waals surface area contributed by atoms with Gasteiger partial charge in [0.15, 0.2) is 0 Å². The highest BCUT2D eigenvalue weighted by molar-refractivity contribution is 5.43. The fourth-order valence-corrected chi connectivity index (χ4v) is 2.63. The largest absolute Gasteiger partial charge is 0.381 e. The topological polar surface area (TPSA) is 37.4 Å². The molecule has 0 bridgehead atoms. The molecule has 0 atom stereocenters. The van der Waals surface area contributed by atoms with Gasteiger partial charge in [-0.25, -0.2) is 4.98 Å². The van der Waals surface area contributed by atoms with Gasteiger partial charge in [-0.3, -0.25) is 0 Å². The van der Waals surface area contributed by atoms with Gasteiger partial charge < -0.3 is 15.0 Å². The van der Waals surface area contributed by atoms with Crippen molar-refractivity contribution >= 4 is 5.82 Å². The first-order chi connectivity index (χ1) is 9.58. The Balaban J connectivity index is 2.04. The van der Waals surface area contributed by atoms with Crippen LogP contribution in [0.2, 0.25) is 0 Å². The van der Waals surface area contributed by atoms with Crippen molar-refractivity contribution in [2.24, 2.45) is 0 Å². The molecule has 4 nitrogen and oxygen atoms in total. The molecule has 1 aromatic rings. The Kier molecular flexibility index (Phi) is 5.38. The lowest BCUT2D eigenvalue weighted by Gasteiger charge is -2.32. The average molecular weight is 277 g/mol. The number of piperidine rings is 1. The van der Waals surface area contributed by atoms with Gasteiger partial charge in [-0.15, -0.1) is 0 Å². The minimum Gasteiger partial charge on any atom is -0.381 e. The maximum atomic E-state index is 5.43. The van der Waals surface area contributed by atoms with Crippen LogP contribution in [-0.4, -0.2) is 37.3 Å². The van der Waals surface area contributed by atoms with Gasteiger partial charge in [-0.05, 0) is 37.5 Å². The van der Waals surface area contributed by atoms with E-state index in [0.717, 1.165) is 44.0 Å². The molecule has 0 aromatic carbocycles. The van der Waals surface area contributed by atoms with Crippen LogP contribution in [0.1, 0.15) is 37.9 Å². The van der Waals surface area contributed by atoms with Crippen molar-refractivity contribution in [1.82, 2.24) is 10.3 Å². The normalized spacial score (nSPS) is 16.9. The van der Waals surface area contributed by atoms with Crippen LogP contribution in [0.3, 0.4) is 0 Å². The fraction of sp³-hybridized carbons (Fsp3) is 0.688. The van der Waals surface area contributed by atoms with Crippen LogP contribution in [0.5, 0.6) is 0 Å². The third-order valence-electron chi connectivity index (χ3n) is 3.81. The molecular weight excluding hydrogens is 250 g/mol. The molecule has 1 fully saturated rings. The minimum atomic E-state index is 0.415. The number of methoxy groups -OCH3 is 1. The number of rotatable bonds is 5. The zero-order valence-electron chi connectivity index (χ0n) is 13.1. The highest BCUT2D eigenvalue weighted by Gasteiger charge is 2.20. The van der Waals surface area contributed by atoms with Crippen LogP contribution in [0, 0.1) is 6.92 Å². The average Bonchev–Trinajstić information content (AvgIpc) is 2.44. The summed E-state index contributed by atoms with van der Waals surface area (Å²) in [5.41, 5.74) is 2.41. The van der Waals surface area contributed by atoms with Crippen molar-refractivity contribution in [3.8, 4) is 0 Å². The molecule has 4 heteroatoms. The van der Waals surface area contributed by atoms with Crippen molar-refractivity contribution in [2.45, 2.75) is 52.3 Å². The second kappa shape index (κ2) is 7.04. The summed E-state index contributed by atoms with van der Waals surface area (Å²) < 4.78 is 5.43. The first-order valence-electron chi connectivity index (χ1n) is 7.57. The first kappa shape index (κ1) is 15.3. The maximum Gasteiger partial charge on any atom is 0.129 e. The van der Waals surface area contributed by atoms with E-state index in [2.05, 4.69) is 43.1 Å². The van der Waals surface area contributed by atoms with E-state index in [1.165, 1.54) is 5.56 Å². The SMILES string of the molecule is COC1CCN(c2cc(CNC(C)C)cc(C)n2)CC1. The molecule has 20 heavy (non-hydrogen) atoms. The van der Waals surface area contributed by atoms with E-state index in [1.54, 1.807) is 7.11 Å². The standard InChI is InChI=1S/C16H27N3O/c1-12(2)17-11-14-9-13(3)18-16(10-14)19-7-5-15(20-4)6-8-19/h9-10,12,15,17H,5-8,11H2,1-4H3. The lowest BCUT2D eigenvalue weighted by Crippen LogP contribution is -2.37. The molecule has 1 aromatic heterocycles. The maximum absolute atomic E-state index is 5.43. The Labute approximate surface area is 122 Å². The number of nitrogens with one attached hydrogen (secondary N) is 1. The minimum absolute atomic E-state index is 0.415. The van der Waals surface area contributed by atoms with E-state index < -0.39 is 0 Å². The molecule has 1 N–H and O–H groups in total. The van der Waals surface area contributed by atoms with Crippen LogP contribution in [0.4, 0.5) is 5.82 Å². The van der Waals surface area contributed by atoms with E-state index in [0.29, 0.717) is 12.1 Å². The number of hydrogen-bond acceptors (Lipinski definition) is 4. The molecule has 112 valence electrons. The third-order valence-corrected chi connectivity index (χ3v) is 3.81. The lowest BCUT2D eigenvalue weighted by atomic mass is 10.1. The lowest BCUT2D eigenvalue weighted by molar-refractivity contribution is 0.0818. The first-order valence-corrected chi connectivity index (χ1v) is 7.57. The second-order valence-corrected chi connectivity index (χ2v) is 5.93. The predicted octanol–water partition coefficient (Wildman–Crippen LogP) is 2.50. The van der Waals surface area contributed by atoms with Gasteiger partial charge >= 0.3 is 0 Å². The number of ether oxygens (including phenoxy) is 1. The molecule has 1 aliphatic heterocycles. The van der Waals surface area contributed by atoms with E-state index in [9.17, 15) is 0 Å². The number of hydrogen-bond donors (Lipinski definition) is 1. The van der Waals surface area contributed by atoms with E-state index >= 15 is 0 Å². The van der Waals surface area contributed by atoms with Crippen LogP contribution in [0.15, 0.2) is 12.1 Å². The van der Waals surface area contributed by atoms with Gasteiger partial charge in [-0.1, -0.05) is 13.8 Å². The number of pyridine rings is 1. The molecule has 2 heterocycles. The molecule has 0 spiro atoms. The Morgan fingerprint density at radius 1 is 1.35 bits per heavy atom. The van der Waals surface area contributed by atoms with E-state index in [-0.39, 0.29) is 0 Å². The second-order valence-electron chi connectivity index (χ2n) is 5.93. The van der Waals surface area contributed by atoms with Crippen molar-refractivity contribution in [1.29, 1.82) is 0 Å². The molecule has 0 aliphatic carbocycles. The zero-order chi connectivity index (χ0) is 14.5. The Morgan fingerprint density at radius 2 is 2.05 bits per heavy atom. The molecule has 0 unspecified atom stereocenters. The van der Waals surface area contributed by atoms with E-state index in [4.69, 9.17) is 9.72 Å². The van der Waals surface area contributed by atoms with Gasteiger partial charge in [0.2, 0.25) is 0 Å². The number of aromatic nitrogens is 1. The highest BCUT2D eigenvalue weighted by Crippen LogP contribution is 2.21. The van der Waals surface area contributed by atoms with Crippen LogP contribution in [0.25, 0.3) is 0 Å². The number of aryl methyl sites for hydroxylation is 1. The summed E-state index contributed by atoms with van der Waals surface area (Å²) >= 11 is 0. The van der Waals surface area contributed by atoms with Crippen molar-refractivity contribution < 1.29 is 4.74 Å². The van der Waals surface area contributed by atoms with Gasteiger partial charge in [0.25, 0.3) is 0 Å². The van der Waals surface area contributed by atoms with Crippen molar-refractivity contribution in [3.63, 3.8) is 0 Å². The number of nitrogens with zero attached hydrogens (tertiary/aromatic N) is 2. The monoisotopic (exact) mass is 277 g/mol. The fourth-order valence-electron chi connectivity index (χ4n) is 2.63. The summed E-state index contributed by atoms with van der Waals surface area (Å²) in [4.78, 5) is 7.07. The highest BCUT2D eigenvalue weighted by atomic mass is 16.5. The number of anilines is 1. The van der Waals surface area contributed by atoms with Gasteiger partial charge in [0.1, 0.15) is 5.82 Å². The van der Waals surface area contributed by atoms with Crippen molar-refractivity contribution in [2.75, 3.05) is 25.1 Å². The molecule has 2 rings (SSSR count). The Hall–Kier alpha value is -1.13. The van der Waals surface area contributed by atoms with Gasteiger partial charge in [0, 0.05) is 38.5 Å². The zero-order valence-corrected chi connectivity index (χ0v) is 13.1. The summed E-state index contributed by atoms with van der Waals surface area (Å²) in [7, 11) is 1.81. The molecule has 1 saturated heterocycles. The van der Waals surface area contributed by atoms with Crippen LogP contribution < -0.4 is 10.2 Å². The van der Waals surface area contributed by atoms with Crippen molar-refractivity contribution in [3.05, 3.63) is 23.4 Å². The molecular formula is C16H27N3O. The summed E-state index contributed by atoms with van der Waals surface area (Å²) in [6.07, 6.45) is 2.59. The molecule has 0 amide bonds. The summed E-state index contributed by atoms with van der Waals surface area (Å²) in [5.74, 6) is 1.11. The van der Waals surface area contributed by atoms with Crippen LogP contribution in [-0.2, 0) is 11.3 Å². The summed E-state index contributed by atoms with van der Waals surface area (Å²) in [6, 6.07) is 4.89. The van der Waals surface area contributed by atoms with E-state index in [1.807, 2.05) is 0 Å². The van der Waals surface area contributed by atoms with Gasteiger partial charge in [-0.2, -0.15) is 0 Å². The smallest absolute Gasteiger partial charge is 0.129 e.